The van der Waals surface area contributed by atoms with Crippen LogP contribution in [-0.2, 0) is 0 Å². The second kappa shape index (κ2) is 4.12. The molecular weight excluding hydrogens is 260 g/mol. The van der Waals surface area contributed by atoms with Crippen molar-refractivity contribution >= 4 is 22.7 Å². The lowest BCUT2D eigenvalue weighted by molar-refractivity contribution is 0.101. The van der Waals surface area contributed by atoms with E-state index in [0.29, 0.717) is 11.6 Å². The van der Waals surface area contributed by atoms with E-state index in [4.69, 9.17) is 4.42 Å². The van der Waals surface area contributed by atoms with E-state index in [1.165, 1.54) is 0 Å². The van der Waals surface area contributed by atoms with Crippen molar-refractivity contribution in [3.8, 4) is 0 Å². The van der Waals surface area contributed by atoms with Crippen LogP contribution in [0.2, 0.25) is 0 Å². The number of hydrogen-bond donors (Lipinski definition) is 2. The second-order valence-electron chi connectivity index (χ2n) is 4.70. The number of benzene rings is 1. The molecule has 1 aliphatic rings. The number of nitrogens with zero attached hydrogens (tertiary/aromatic N) is 4. The fourth-order valence-corrected chi connectivity index (χ4v) is 1.97. The van der Waals surface area contributed by atoms with Gasteiger partial charge in [-0.25, -0.2) is 4.98 Å². The zero-order chi connectivity index (χ0) is 13.5. The Labute approximate surface area is 112 Å². The average molecular weight is 270 g/mol. The maximum Gasteiger partial charge on any atom is 0.297 e. The van der Waals surface area contributed by atoms with Crippen molar-refractivity contribution in [1.29, 1.82) is 0 Å². The zero-order valence-corrected chi connectivity index (χ0v) is 10.3. The molecule has 1 aliphatic carbocycles. The third-order valence-corrected chi connectivity index (χ3v) is 3.14. The molecule has 0 atom stereocenters. The number of carbonyl (C=O) groups is 1. The Morgan fingerprint density at radius 3 is 3.05 bits per heavy atom. The van der Waals surface area contributed by atoms with Crippen LogP contribution in [0.3, 0.4) is 0 Å². The van der Waals surface area contributed by atoms with Crippen molar-refractivity contribution < 1.29 is 9.21 Å². The van der Waals surface area contributed by atoms with Gasteiger partial charge in [0, 0.05) is 11.6 Å². The highest BCUT2D eigenvalue weighted by molar-refractivity contribution is 6.02. The monoisotopic (exact) mass is 270 g/mol. The van der Waals surface area contributed by atoms with Crippen molar-refractivity contribution in [2.45, 2.75) is 18.8 Å². The highest BCUT2D eigenvalue weighted by Gasteiger charge is 2.28. The number of tetrazole rings is 1. The van der Waals surface area contributed by atoms with Crippen LogP contribution in [0.4, 0.5) is 5.69 Å². The van der Waals surface area contributed by atoms with E-state index in [2.05, 4.69) is 30.9 Å². The Morgan fingerprint density at radius 2 is 2.30 bits per heavy atom. The Kier molecular flexibility index (Phi) is 2.28. The number of H-pyrrole nitrogens is 1. The first-order valence-corrected chi connectivity index (χ1v) is 6.25. The fraction of sp³-hybridized carbons (Fsp3) is 0.250. The first-order chi connectivity index (χ1) is 9.79. The summed E-state index contributed by atoms with van der Waals surface area (Å²) >= 11 is 0. The van der Waals surface area contributed by atoms with Gasteiger partial charge < -0.3 is 9.73 Å². The zero-order valence-electron chi connectivity index (χ0n) is 10.3. The summed E-state index contributed by atoms with van der Waals surface area (Å²) in [5, 5.41) is 15.5. The molecule has 0 bridgehead atoms. The third-order valence-electron chi connectivity index (χ3n) is 3.14. The Balaban J connectivity index is 1.61. The second-order valence-corrected chi connectivity index (χ2v) is 4.70. The number of hydrogen-bond acceptors (Lipinski definition) is 6. The maximum atomic E-state index is 11.8. The van der Waals surface area contributed by atoms with E-state index in [0.717, 1.165) is 29.8 Å². The molecular formula is C12H10N6O2. The van der Waals surface area contributed by atoms with Gasteiger partial charge in [-0.1, -0.05) is 0 Å². The van der Waals surface area contributed by atoms with Gasteiger partial charge in [-0.2, -0.15) is 5.21 Å². The molecule has 100 valence electrons. The molecule has 1 aromatic carbocycles. The lowest BCUT2D eigenvalue weighted by Crippen LogP contribution is -2.13. The van der Waals surface area contributed by atoms with E-state index in [1.54, 1.807) is 18.2 Å². The molecule has 0 spiro atoms. The largest absolute Gasteiger partial charge is 0.440 e. The lowest BCUT2D eigenvalue weighted by atomic mass is 10.3. The number of amides is 1. The summed E-state index contributed by atoms with van der Waals surface area (Å²) < 4.78 is 5.66. The quantitative estimate of drug-likeness (QED) is 0.745. The van der Waals surface area contributed by atoms with Crippen LogP contribution in [0.15, 0.2) is 22.6 Å². The van der Waals surface area contributed by atoms with Crippen molar-refractivity contribution in [3.63, 3.8) is 0 Å². The summed E-state index contributed by atoms with van der Waals surface area (Å²) in [5.74, 6) is 0.800. The van der Waals surface area contributed by atoms with E-state index in [9.17, 15) is 4.79 Å². The molecule has 0 saturated heterocycles. The van der Waals surface area contributed by atoms with E-state index in [1.807, 2.05) is 0 Å². The molecule has 0 unspecified atom stereocenters. The number of fused-ring (bicyclic) bond motifs is 1. The summed E-state index contributed by atoms with van der Waals surface area (Å²) in [4.78, 5) is 16.2. The van der Waals surface area contributed by atoms with Gasteiger partial charge >= 0.3 is 0 Å². The van der Waals surface area contributed by atoms with Gasteiger partial charge in [0.1, 0.15) is 5.52 Å². The first-order valence-electron chi connectivity index (χ1n) is 6.25. The Hall–Kier alpha value is -2.77. The minimum atomic E-state index is -0.427. The van der Waals surface area contributed by atoms with Crippen molar-refractivity contribution in [1.82, 2.24) is 25.6 Å². The number of oxazole rings is 1. The van der Waals surface area contributed by atoms with Gasteiger partial charge in [-0.15, -0.1) is 10.2 Å². The van der Waals surface area contributed by atoms with Gasteiger partial charge in [0.15, 0.2) is 11.5 Å². The van der Waals surface area contributed by atoms with E-state index >= 15 is 0 Å². The van der Waals surface area contributed by atoms with Crippen molar-refractivity contribution in [2.75, 3.05) is 5.32 Å². The first kappa shape index (κ1) is 11.1. The van der Waals surface area contributed by atoms with Crippen LogP contribution in [-0.4, -0.2) is 31.5 Å². The number of aromatic nitrogens is 5. The molecule has 2 heterocycles. The smallest absolute Gasteiger partial charge is 0.297 e. The molecule has 1 saturated carbocycles. The predicted molar refractivity (Wildman–Crippen MR) is 68.1 cm³/mol. The van der Waals surface area contributed by atoms with Crippen LogP contribution in [0, 0.1) is 0 Å². The van der Waals surface area contributed by atoms with Gasteiger partial charge in [0.25, 0.3) is 11.7 Å². The summed E-state index contributed by atoms with van der Waals surface area (Å²) in [6, 6.07) is 5.31. The SMILES string of the molecule is O=C(Nc1ccc2oc(C3CC3)nc2c1)c1nn[nH]n1. The molecule has 3 aromatic rings. The van der Waals surface area contributed by atoms with Gasteiger partial charge in [-0.3, -0.25) is 4.79 Å². The van der Waals surface area contributed by atoms with Crippen LogP contribution < -0.4 is 5.32 Å². The molecule has 1 fully saturated rings. The maximum absolute atomic E-state index is 11.8. The minimum absolute atomic E-state index is 0.0103. The van der Waals surface area contributed by atoms with Gasteiger partial charge in [-0.05, 0) is 36.3 Å². The number of rotatable bonds is 3. The minimum Gasteiger partial charge on any atom is -0.440 e. The normalized spacial score (nSPS) is 14.6. The number of anilines is 1. The molecule has 1 amide bonds. The molecule has 2 aromatic heterocycles. The van der Waals surface area contributed by atoms with Crippen LogP contribution in [0.1, 0.15) is 35.3 Å². The molecule has 0 radical (unpaired) electrons. The molecule has 0 aliphatic heterocycles. The van der Waals surface area contributed by atoms with E-state index < -0.39 is 5.91 Å². The van der Waals surface area contributed by atoms with Gasteiger partial charge in [0.2, 0.25) is 0 Å². The predicted octanol–water partition coefficient (Wildman–Crippen LogP) is 1.47. The van der Waals surface area contributed by atoms with Crippen LogP contribution in [0.5, 0.6) is 0 Å². The van der Waals surface area contributed by atoms with Gasteiger partial charge in [0.05, 0.1) is 0 Å². The Bertz CT molecular complexity index is 774. The van der Waals surface area contributed by atoms with Crippen molar-refractivity contribution in [3.05, 3.63) is 29.9 Å². The Morgan fingerprint density at radius 1 is 1.40 bits per heavy atom. The number of nitrogens with one attached hydrogen (secondary N) is 2. The summed E-state index contributed by atoms with van der Waals surface area (Å²) in [5.41, 5.74) is 2.07. The van der Waals surface area contributed by atoms with Crippen molar-refractivity contribution in [2.24, 2.45) is 0 Å². The third kappa shape index (κ3) is 1.91. The highest BCUT2D eigenvalue weighted by atomic mass is 16.3. The average Bonchev–Trinajstić information content (AvgIpc) is 3.00. The molecule has 4 rings (SSSR count). The van der Waals surface area contributed by atoms with Crippen LogP contribution in [0.25, 0.3) is 11.1 Å². The standard InChI is InChI=1S/C12H10N6O2/c19-11(10-15-17-18-16-10)13-7-3-4-9-8(5-7)14-12(20-9)6-1-2-6/h3-6H,1-2H2,(H,13,19)(H,15,16,17,18). The highest BCUT2D eigenvalue weighted by Crippen LogP contribution is 2.40. The topological polar surface area (TPSA) is 110 Å². The summed E-state index contributed by atoms with van der Waals surface area (Å²) in [7, 11) is 0. The lowest BCUT2D eigenvalue weighted by Gasteiger charge is -2.00. The number of aromatic amines is 1. The molecule has 8 heteroatoms. The van der Waals surface area contributed by atoms with E-state index in [-0.39, 0.29) is 5.82 Å². The summed E-state index contributed by atoms with van der Waals surface area (Å²) in [6.07, 6.45) is 2.27. The molecule has 2 N–H and O–H groups in total. The molecule has 8 nitrogen and oxygen atoms in total. The number of carbonyl (C=O) groups excluding carboxylic acids is 1. The summed E-state index contributed by atoms with van der Waals surface area (Å²) in [6.45, 7) is 0. The van der Waals surface area contributed by atoms with Crippen LogP contribution >= 0.6 is 0 Å². The fourth-order valence-electron chi connectivity index (χ4n) is 1.97. The molecule has 20 heavy (non-hydrogen) atoms.